The van der Waals surface area contributed by atoms with Crippen LogP contribution in [0.2, 0.25) is 0 Å². The molecule has 1 fully saturated rings. The fraction of sp³-hybridized carbons (Fsp3) is 0.368. The second-order valence-corrected chi connectivity index (χ2v) is 6.77. The molecule has 1 aliphatic carbocycles. The first-order valence-electron chi connectivity index (χ1n) is 9.12. The average molecular weight is 483 g/mol. The molecule has 1 saturated carbocycles. The molecule has 2 aromatic rings. The second-order valence-electron chi connectivity index (χ2n) is 6.77. The second kappa shape index (κ2) is 11.4. The van der Waals surface area contributed by atoms with Crippen molar-refractivity contribution in [1.29, 1.82) is 0 Å². The Balaban J connectivity index is 0.000000324. The van der Waals surface area contributed by atoms with Crippen LogP contribution in [0.15, 0.2) is 36.7 Å². The van der Waals surface area contributed by atoms with Crippen LogP contribution in [0.25, 0.3) is 10.8 Å². The summed E-state index contributed by atoms with van der Waals surface area (Å²) < 4.78 is 63.5. The van der Waals surface area contributed by atoms with Gasteiger partial charge in [-0.05, 0) is 31.4 Å². The van der Waals surface area contributed by atoms with E-state index in [2.05, 4.69) is 10.3 Å². The van der Waals surface area contributed by atoms with Crippen molar-refractivity contribution in [2.45, 2.75) is 37.7 Å². The van der Waals surface area contributed by atoms with Gasteiger partial charge in [0.2, 0.25) is 5.91 Å². The van der Waals surface area contributed by atoms with Gasteiger partial charge in [0.05, 0.1) is 0 Å². The lowest BCUT2D eigenvalue weighted by molar-refractivity contribution is -0.193. The van der Waals surface area contributed by atoms with Crippen molar-refractivity contribution in [2.24, 2.45) is 11.7 Å². The quantitative estimate of drug-likeness (QED) is 0.479. The predicted molar refractivity (Wildman–Crippen MR) is 103 cm³/mol. The minimum absolute atomic E-state index is 0.0482. The van der Waals surface area contributed by atoms with Crippen molar-refractivity contribution in [3.05, 3.63) is 36.7 Å². The number of fused-ring (bicyclic) bond motifs is 1. The molecule has 14 heteroatoms. The number of carboxylic acid groups (broad SMARTS) is 2. The maximum Gasteiger partial charge on any atom is 0.490 e. The number of carboxylic acids is 2. The third-order valence-electron chi connectivity index (χ3n) is 4.27. The number of carbonyl (C=O) groups is 3. The van der Waals surface area contributed by atoms with Gasteiger partial charge in [-0.1, -0.05) is 12.1 Å². The highest BCUT2D eigenvalue weighted by atomic mass is 19.4. The highest BCUT2D eigenvalue weighted by Gasteiger charge is 2.38. The van der Waals surface area contributed by atoms with Crippen molar-refractivity contribution in [2.75, 3.05) is 5.32 Å². The molecule has 33 heavy (non-hydrogen) atoms. The van der Waals surface area contributed by atoms with Crippen LogP contribution >= 0.6 is 0 Å². The van der Waals surface area contributed by atoms with E-state index in [9.17, 15) is 31.1 Å². The molecule has 1 aromatic carbocycles. The van der Waals surface area contributed by atoms with Crippen LogP contribution in [-0.2, 0) is 14.4 Å². The van der Waals surface area contributed by atoms with E-state index in [0.29, 0.717) is 0 Å². The molecule has 182 valence electrons. The van der Waals surface area contributed by atoms with Gasteiger partial charge in [-0.25, -0.2) is 9.59 Å². The average Bonchev–Trinajstić information content (AvgIpc) is 3.14. The molecule has 5 N–H and O–H groups in total. The highest BCUT2D eigenvalue weighted by Crippen LogP contribution is 2.27. The van der Waals surface area contributed by atoms with Gasteiger partial charge >= 0.3 is 24.3 Å². The van der Waals surface area contributed by atoms with Gasteiger partial charge < -0.3 is 21.3 Å². The van der Waals surface area contributed by atoms with Gasteiger partial charge in [0, 0.05) is 40.8 Å². The predicted octanol–water partition coefficient (Wildman–Crippen LogP) is 3.57. The van der Waals surface area contributed by atoms with Crippen LogP contribution in [0.4, 0.5) is 32.0 Å². The first-order valence-corrected chi connectivity index (χ1v) is 9.12. The zero-order chi connectivity index (χ0) is 25.4. The fourth-order valence-electron chi connectivity index (χ4n) is 2.72. The minimum Gasteiger partial charge on any atom is -0.475 e. The van der Waals surface area contributed by atoms with E-state index in [-0.39, 0.29) is 17.9 Å². The summed E-state index contributed by atoms with van der Waals surface area (Å²) in [4.78, 5) is 34.1. The summed E-state index contributed by atoms with van der Waals surface area (Å²) in [7, 11) is 0. The summed E-state index contributed by atoms with van der Waals surface area (Å²) in [6.07, 6.45) is -4.00. The van der Waals surface area contributed by atoms with Crippen LogP contribution in [0.3, 0.4) is 0 Å². The summed E-state index contributed by atoms with van der Waals surface area (Å²) in [5, 5.41) is 19.3. The van der Waals surface area contributed by atoms with E-state index in [0.717, 1.165) is 35.7 Å². The number of rotatable bonds is 2. The van der Waals surface area contributed by atoms with E-state index < -0.39 is 24.3 Å². The molecule has 0 aliphatic heterocycles. The molecule has 0 radical (unpaired) electrons. The molecule has 1 amide bonds. The Hall–Kier alpha value is -3.42. The molecule has 3 rings (SSSR count). The maximum atomic E-state index is 12.2. The van der Waals surface area contributed by atoms with Gasteiger partial charge in [0.15, 0.2) is 0 Å². The molecular formula is C19H19F6N3O5. The summed E-state index contributed by atoms with van der Waals surface area (Å²) >= 11 is 0. The van der Waals surface area contributed by atoms with Gasteiger partial charge in [0.1, 0.15) is 0 Å². The third kappa shape index (κ3) is 9.31. The number of nitrogens with one attached hydrogen (secondary N) is 1. The zero-order valence-electron chi connectivity index (χ0n) is 16.7. The molecule has 0 unspecified atom stereocenters. The number of hydrogen-bond donors (Lipinski definition) is 4. The number of halogens is 6. The number of nitrogens with zero attached hydrogens (tertiary/aromatic N) is 1. The van der Waals surface area contributed by atoms with Gasteiger partial charge in [-0.2, -0.15) is 26.3 Å². The number of pyridine rings is 1. The summed E-state index contributed by atoms with van der Waals surface area (Å²) in [6, 6.07) is 7.94. The van der Waals surface area contributed by atoms with Crippen LogP contribution in [-0.4, -0.2) is 51.4 Å². The number of amides is 1. The molecule has 2 atom stereocenters. The summed E-state index contributed by atoms with van der Waals surface area (Å²) in [5.41, 5.74) is 6.71. The number of aliphatic carboxylic acids is 2. The fourth-order valence-corrected chi connectivity index (χ4v) is 2.72. The Morgan fingerprint density at radius 2 is 1.52 bits per heavy atom. The van der Waals surface area contributed by atoms with Crippen LogP contribution in [0.5, 0.6) is 0 Å². The number of nitrogens with two attached hydrogens (primary N) is 1. The number of hydrogen-bond acceptors (Lipinski definition) is 5. The lowest BCUT2D eigenvalue weighted by Gasteiger charge is -2.12. The van der Waals surface area contributed by atoms with E-state index in [1.54, 1.807) is 12.4 Å². The highest BCUT2D eigenvalue weighted by molar-refractivity contribution is 6.02. The number of alkyl halides is 6. The molecular weight excluding hydrogens is 464 g/mol. The van der Waals surface area contributed by atoms with Crippen LogP contribution in [0, 0.1) is 5.92 Å². The third-order valence-corrected chi connectivity index (χ3v) is 4.27. The van der Waals surface area contributed by atoms with Gasteiger partial charge in [-0.15, -0.1) is 0 Å². The van der Waals surface area contributed by atoms with E-state index >= 15 is 0 Å². The van der Waals surface area contributed by atoms with Crippen LogP contribution in [0.1, 0.15) is 19.3 Å². The molecule has 0 spiro atoms. The standard InChI is InChI=1S/C15H17N3O.2C2HF3O2/c16-12-5-4-10(8-12)15(19)18-14-3-1-2-11-9-17-7-6-13(11)14;2*3-2(4,5)1(6)7/h1-3,6-7,9-10,12H,4-5,8,16H2,(H,18,19);2*(H,6,7)/t10-,12+;;/m1../s1. The van der Waals surface area contributed by atoms with E-state index in [4.69, 9.17) is 25.5 Å². The lowest BCUT2D eigenvalue weighted by atomic mass is 10.1. The number of carbonyl (C=O) groups excluding carboxylic acids is 1. The Bertz CT molecular complexity index is 951. The maximum absolute atomic E-state index is 12.2. The van der Waals surface area contributed by atoms with E-state index in [1.807, 2.05) is 24.3 Å². The Morgan fingerprint density at radius 3 is 1.97 bits per heavy atom. The molecule has 1 aliphatic rings. The number of anilines is 1. The Kier molecular flexibility index (Phi) is 9.58. The molecule has 1 heterocycles. The summed E-state index contributed by atoms with van der Waals surface area (Å²) in [6.45, 7) is 0. The molecule has 1 aromatic heterocycles. The normalized spacial score (nSPS) is 17.8. The first kappa shape index (κ1) is 27.6. The van der Waals surface area contributed by atoms with Crippen molar-refractivity contribution in [3.63, 3.8) is 0 Å². The Labute approximate surface area is 182 Å². The first-order chi connectivity index (χ1) is 15.1. The van der Waals surface area contributed by atoms with Crippen molar-refractivity contribution in [3.8, 4) is 0 Å². The van der Waals surface area contributed by atoms with Crippen molar-refractivity contribution < 1.29 is 50.9 Å². The molecule has 8 nitrogen and oxygen atoms in total. The van der Waals surface area contributed by atoms with Gasteiger partial charge in [0.25, 0.3) is 0 Å². The van der Waals surface area contributed by atoms with Crippen LogP contribution < -0.4 is 11.1 Å². The lowest BCUT2D eigenvalue weighted by Crippen LogP contribution is -2.23. The Morgan fingerprint density at radius 1 is 0.970 bits per heavy atom. The monoisotopic (exact) mass is 483 g/mol. The number of aromatic nitrogens is 1. The van der Waals surface area contributed by atoms with Crippen molar-refractivity contribution >= 4 is 34.3 Å². The smallest absolute Gasteiger partial charge is 0.475 e. The van der Waals surface area contributed by atoms with E-state index in [1.165, 1.54) is 0 Å². The largest absolute Gasteiger partial charge is 0.490 e. The zero-order valence-corrected chi connectivity index (χ0v) is 16.7. The molecule has 0 saturated heterocycles. The number of benzene rings is 1. The van der Waals surface area contributed by atoms with Crippen molar-refractivity contribution in [1.82, 2.24) is 4.98 Å². The summed E-state index contributed by atoms with van der Waals surface area (Å²) in [5.74, 6) is -5.38. The molecule has 0 bridgehead atoms. The topological polar surface area (TPSA) is 143 Å². The minimum atomic E-state index is -5.08. The SMILES string of the molecule is N[C@H]1CC[C@@H](C(=O)Nc2cccc3cnccc23)C1.O=C(O)C(F)(F)F.O=C(O)C(F)(F)F. The van der Waals surface area contributed by atoms with Gasteiger partial charge in [-0.3, -0.25) is 9.78 Å².